The third kappa shape index (κ3) is 3.11. The number of thiazole rings is 1. The Hall–Kier alpha value is -2.60. The molecule has 6 heteroatoms. The van der Waals surface area contributed by atoms with E-state index in [2.05, 4.69) is 20.3 Å². The van der Waals surface area contributed by atoms with E-state index in [1.165, 1.54) is 17.7 Å². The summed E-state index contributed by atoms with van der Waals surface area (Å²) < 4.78 is 0. The van der Waals surface area contributed by atoms with Gasteiger partial charge in [-0.05, 0) is 24.6 Å². The SMILES string of the molecule is Cc1csc(NC(=O)c2ccc(-c3cncnc3)cc2)n1. The highest BCUT2D eigenvalue weighted by Gasteiger charge is 2.08. The Balaban J connectivity index is 1.76. The van der Waals surface area contributed by atoms with Crippen molar-refractivity contribution in [1.82, 2.24) is 15.0 Å². The fourth-order valence-corrected chi connectivity index (χ4v) is 2.53. The quantitative estimate of drug-likeness (QED) is 0.806. The van der Waals surface area contributed by atoms with E-state index in [-0.39, 0.29) is 5.91 Å². The number of carbonyl (C=O) groups excluding carboxylic acids is 1. The Bertz CT molecular complexity index is 753. The second-order valence-corrected chi connectivity index (χ2v) is 5.31. The highest BCUT2D eigenvalue weighted by Crippen LogP contribution is 2.19. The van der Waals surface area contributed by atoms with Gasteiger partial charge in [-0.3, -0.25) is 10.1 Å². The molecule has 0 aliphatic heterocycles. The molecule has 0 atom stereocenters. The lowest BCUT2D eigenvalue weighted by molar-refractivity contribution is 0.102. The number of hydrogen-bond acceptors (Lipinski definition) is 5. The predicted octanol–water partition coefficient (Wildman–Crippen LogP) is 3.16. The zero-order chi connectivity index (χ0) is 14.7. The molecular formula is C15H12N4OS. The summed E-state index contributed by atoms with van der Waals surface area (Å²) in [5.74, 6) is -0.166. The standard InChI is InChI=1S/C15H12N4OS/c1-10-8-21-15(18-10)19-14(20)12-4-2-11(3-5-12)13-6-16-9-17-7-13/h2-9H,1H3,(H,18,19,20). The second-order valence-electron chi connectivity index (χ2n) is 4.45. The largest absolute Gasteiger partial charge is 0.298 e. The van der Waals surface area contributed by atoms with Gasteiger partial charge in [0.25, 0.3) is 5.91 Å². The van der Waals surface area contributed by atoms with Crippen molar-refractivity contribution in [2.24, 2.45) is 0 Å². The molecular weight excluding hydrogens is 284 g/mol. The van der Waals surface area contributed by atoms with Crippen LogP contribution in [0.3, 0.4) is 0 Å². The number of carbonyl (C=O) groups is 1. The molecule has 0 radical (unpaired) electrons. The summed E-state index contributed by atoms with van der Waals surface area (Å²) in [6.45, 7) is 1.89. The van der Waals surface area contributed by atoms with E-state index >= 15 is 0 Å². The number of amides is 1. The molecule has 104 valence electrons. The number of nitrogens with zero attached hydrogens (tertiary/aromatic N) is 3. The fourth-order valence-electron chi connectivity index (χ4n) is 1.84. The Labute approximate surface area is 125 Å². The number of benzene rings is 1. The minimum absolute atomic E-state index is 0.166. The van der Waals surface area contributed by atoms with E-state index in [1.54, 1.807) is 24.5 Å². The molecule has 0 saturated carbocycles. The number of hydrogen-bond donors (Lipinski definition) is 1. The monoisotopic (exact) mass is 296 g/mol. The number of aryl methyl sites for hydroxylation is 1. The highest BCUT2D eigenvalue weighted by atomic mass is 32.1. The molecule has 1 N–H and O–H groups in total. The van der Waals surface area contributed by atoms with E-state index in [1.807, 2.05) is 24.4 Å². The Kier molecular flexibility index (Phi) is 3.70. The third-order valence-corrected chi connectivity index (χ3v) is 3.76. The summed E-state index contributed by atoms with van der Waals surface area (Å²) in [5, 5.41) is 5.29. The average molecular weight is 296 g/mol. The van der Waals surface area contributed by atoms with Gasteiger partial charge in [0.2, 0.25) is 0 Å². The summed E-state index contributed by atoms with van der Waals surface area (Å²) in [6.07, 6.45) is 4.96. The van der Waals surface area contributed by atoms with Crippen LogP contribution in [0, 0.1) is 6.92 Å². The van der Waals surface area contributed by atoms with Crippen LogP contribution in [0.2, 0.25) is 0 Å². The van der Waals surface area contributed by atoms with E-state index in [9.17, 15) is 4.79 Å². The molecule has 3 aromatic rings. The lowest BCUT2D eigenvalue weighted by Crippen LogP contribution is -2.11. The Morgan fingerprint density at radius 2 is 1.81 bits per heavy atom. The third-order valence-electron chi connectivity index (χ3n) is 2.88. The summed E-state index contributed by atoms with van der Waals surface area (Å²) in [4.78, 5) is 24.3. The van der Waals surface area contributed by atoms with Crippen LogP contribution in [-0.2, 0) is 0 Å². The number of aromatic nitrogens is 3. The lowest BCUT2D eigenvalue weighted by atomic mass is 10.1. The summed E-state index contributed by atoms with van der Waals surface area (Å²) >= 11 is 1.41. The van der Waals surface area contributed by atoms with Crippen molar-refractivity contribution >= 4 is 22.4 Å². The number of rotatable bonds is 3. The molecule has 5 nitrogen and oxygen atoms in total. The molecule has 21 heavy (non-hydrogen) atoms. The van der Waals surface area contributed by atoms with Gasteiger partial charge in [-0.15, -0.1) is 11.3 Å². The molecule has 0 spiro atoms. The van der Waals surface area contributed by atoms with Gasteiger partial charge in [-0.2, -0.15) is 0 Å². The molecule has 2 aromatic heterocycles. The van der Waals surface area contributed by atoms with Gasteiger partial charge in [0.1, 0.15) is 6.33 Å². The molecule has 1 amide bonds. The van der Waals surface area contributed by atoms with Crippen LogP contribution in [0.25, 0.3) is 11.1 Å². The van der Waals surface area contributed by atoms with Crippen molar-refractivity contribution in [1.29, 1.82) is 0 Å². The molecule has 1 aromatic carbocycles. The smallest absolute Gasteiger partial charge is 0.257 e. The first-order valence-corrected chi connectivity index (χ1v) is 7.19. The van der Waals surface area contributed by atoms with E-state index in [0.29, 0.717) is 10.7 Å². The maximum atomic E-state index is 12.1. The first-order valence-electron chi connectivity index (χ1n) is 6.31. The van der Waals surface area contributed by atoms with Gasteiger partial charge in [-0.25, -0.2) is 15.0 Å². The van der Waals surface area contributed by atoms with Gasteiger partial charge in [0, 0.05) is 28.9 Å². The maximum Gasteiger partial charge on any atom is 0.257 e. The van der Waals surface area contributed by atoms with E-state index in [4.69, 9.17) is 0 Å². The molecule has 0 bridgehead atoms. The minimum atomic E-state index is -0.166. The minimum Gasteiger partial charge on any atom is -0.298 e. The van der Waals surface area contributed by atoms with E-state index in [0.717, 1.165) is 16.8 Å². The molecule has 3 rings (SSSR count). The summed E-state index contributed by atoms with van der Waals surface area (Å²) in [5.41, 5.74) is 3.37. The number of nitrogens with one attached hydrogen (secondary N) is 1. The fraction of sp³-hybridized carbons (Fsp3) is 0.0667. The maximum absolute atomic E-state index is 12.1. The zero-order valence-electron chi connectivity index (χ0n) is 11.3. The first-order chi connectivity index (χ1) is 10.2. The van der Waals surface area contributed by atoms with Crippen molar-refractivity contribution in [3.05, 3.63) is 59.6 Å². The first kappa shape index (κ1) is 13.4. The van der Waals surface area contributed by atoms with Crippen LogP contribution in [0.15, 0.2) is 48.4 Å². The Morgan fingerprint density at radius 3 is 2.43 bits per heavy atom. The van der Waals surface area contributed by atoms with Crippen molar-refractivity contribution in [2.75, 3.05) is 5.32 Å². The van der Waals surface area contributed by atoms with Gasteiger partial charge >= 0.3 is 0 Å². The highest BCUT2D eigenvalue weighted by molar-refractivity contribution is 7.13. The van der Waals surface area contributed by atoms with Crippen molar-refractivity contribution < 1.29 is 4.79 Å². The van der Waals surface area contributed by atoms with Crippen LogP contribution < -0.4 is 5.32 Å². The van der Waals surface area contributed by atoms with Gasteiger partial charge in [0.15, 0.2) is 5.13 Å². The Morgan fingerprint density at radius 1 is 1.10 bits per heavy atom. The molecule has 0 aliphatic carbocycles. The number of anilines is 1. The van der Waals surface area contributed by atoms with Crippen LogP contribution in [0.4, 0.5) is 5.13 Å². The van der Waals surface area contributed by atoms with Gasteiger partial charge in [0.05, 0.1) is 5.69 Å². The molecule has 0 fully saturated rings. The van der Waals surface area contributed by atoms with Gasteiger partial charge < -0.3 is 0 Å². The summed E-state index contributed by atoms with van der Waals surface area (Å²) in [6, 6.07) is 7.30. The van der Waals surface area contributed by atoms with Crippen LogP contribution >= 0.6 is 11.3 Å². The van der Waals surface area contributed by atoms with Crippen molar-refractivity contribution in [3.8, 4) is 11.1 Å². The van der Waals surface area contributed by atoms with E-state index < -0.39 is 0 Å². The topological polar surface area (TPSA) is 67.8 Å². The second kappa shape index (κ2) is 5.80. The van der Waals surface area contributed by atoms with Crippen LogP contribution in [0.5, 0.6) is 0 Å². The van der Waals surface area contributed by atoms with Crippen molar-refractivity contribution in [3.63, 3.8) is 0 Å². The lowest BCUT2D eigenvalue weighted by Gasteiger charge is -2.04. The molecule has 0 saturated heterocycles. The van der Waals surface area contributed by atoms with Crippen LogP contribution in [0.1, 0.15) is 16.1 Å². The van der Waals surface area contributed by atoms with Crippen molar-refractivity contribution in [2.45, 2.75) is 6.92 Å². The average Bonchev–Trinajstić information content (AvgIpc) is 2.93. The molecule has 0 aliphatic rings. The predicted molar refractivity (Wildman–Crippen MR) is 82.3 cm³/mol. The molecule has 2 heterocycles. The zero-order valence-corrected chi connectivity index (χ0v) is 12.1. The molecule has 0 unspecified atom stereocenters. The normalized spacial score (nSPS) is 10.3. The van der Waals surface area contributed by atoms with Gasteiger partial charge in [-0.1, -0.05) is 12.1 Å². The summed E-state index contributed by atoms with van der Waals surface area (Å²) in [7, 11) is 0. The van der Waals surface area contributed by atoms with Crippen LogP contribution in [-0.4, -0.2) is 20.9 Å².